The minimum absolute atomic E-state index is 0.125. The van der Waals surface area contributed by atoms with Gasteiger partial charge in [0.2, 0.25) is 0 Å². The number of nitrogens with zero attached hydrogens (tertiary/aromatic N) is 3. The Hall–Kier alpha value is -3.46. The quantitative estimate of drug-likeness (QED) is 0.610. The first kappa shape index (κ1) is 21.8. The van der Waals surface area contributed by atoms with Crippen molar-refractivity contribution in [2.24, 2.45) is 0 Å². The van der Waals surface area contributed by atoms with Gasteiger partial charge in [0.15, 0.2) is 5.13 Å². The summed E-state index contributed by atoms with van der Waals surface area (Å²) >= 11 is 1.15. The Morgan fingerprint density at radius 1 is 0.969 bits per heavy atom. The first-order chi connectivity index (χ1) is 15.4. The molecule has 1 aliphatic rings. The number of rotatable bonds is 4. The van der Waals surface area contributed by atoms with E-state index in [2.05, 4.69) is 15.6 Å². The van der Waals surface area contributed by atoms with Crippen LogP contribution in [-0.2, 0) is 0 Å². The molecule has 1 fully saturated rings. The average molecular weight is 454 g/mol. The minimum atomic E-state index is -0.417. The molecule has 7 nitrogen and oxygen atoms in total. The van der Waals surface area contributed by atoms with Crippen molar-refractivity contribution in [1.82, 2.24) is 9.88 Å². The molecule has 9 heteroatoms. The van der Waals surface area contributed by atoms with Crippen LogP contribution in [0.4, 0.5) is 25.7 Å². The molecule has 3 amide bonds. The van der Waals surface area contributed by atoms with Crippen LogP contribution >= 0.6 is 11.3 Å². The van der Waals surface area contributed by atoms with Crippen LogP contribution in [0.25, 0.3) is 0 Å². The number of aromatic nitrogens is 1. The van der Waals surface area contributed by atoms with E-state index < -0.39 is 6.03 Å². The molecule has 0 bridgehead atoms. The number of benzene rings is 2. The lowest BCUT2D eigenvalue weighted by atomic mass is 10.2. The summed E-state index contributed by atoms with van der Waals surface area (Å²) in [6.07, 6.45) is 0. The zero-order valence-corrected chi connectivity index (χ0v) is 18.7. The van der Waals surface area contributed by atoms with Gasteiger partial charge in [-0.15, -0.1) is 0 Å². The van der Waals surface area contributed by atoms with E-state index in [0.717, 1.165) is 16.9 Å². The maximum Gasteiger partial charge on any atom is 0.325 e. The molecule has 2 heterocycles. The van der Waals surface area contributed by atoms with Crippen LogP contribution in [0.5, 0.6) is 0 Å². The van der Waals surface area contributed by atoms with E-state index in [4.69, 9.17) is 0 Å². The molecule has 1 aromatic heterocycles. The fraction of sp³-hybridized carbons (Fsp3) is 0.261. The maximum absolute atomic E-state index is 14.0. The second-order valence-electron chi connectivity index (χ2n) is 7.61. The van der Waals surface area contributed by atoms with Gasteiger partial charge in [0, 0.05) is 31.9 Å². The van der Waals surface area contributed by atoms with Crippen LogP contribution in [0.2, 0.25) is 0 Å². The fourth-order valence-corrected chi connectivity index (χ4v) is 4.48. The number of nitrogens with one attached hydrogen (secondary N) is 2. The highest BCUT2D eigenvalue weighted by molar-refractivity contribution is 7.17. The van der Waals surface area contributed by atoms with E-state index in [1.54, 1.807) is 30.0 Å². The van der Waals surface area contributed by atoms with Crippen molar-refractivity contribution in [3.05, 3.63) is 70.5 Å². The monoisotopic (exact) mass is 453 g/mol. The molecule has 0 aliphatic carbocycles. The summed E-state index contributed by atoms with van der Waals surface area (Å²) in [7, 11) is 0. The standard InChI is InChI=1S/C23H24FN5O2S/c1-15-7-9-17(10-8-15)26-22(31)27-23-25-16(2)20(32-23)21(30)29-13-11-28(12-14-29)19-6-4-3-5-18(19)24/h3-10H,11-14H2,1-2H3,(H2,25,26,27,31). The van der Waals surface area contributed by atoms with Crippen LogP contribution in [0.3, 0.4) is 0 Å². The third-order valence-electron chi connectivity index (χ3n) is 5.28. The van der Waals surface area contributed by atoms with Crippen molar-refractivity contribution < 1.29 is 14.0 Å². The van der Waals surface area contributed by atoms with Gasteiger partial charge in [-0.05, 0) is 38.1 Å². The average Bonchev–Trinajstić information content (AvgIpc) is 3.15. The van der Waals surface area contributed by atoms with E-state index in [0.29, 0.717) is 53.3 Å². The topological polar surface area (TPSA) is 77.6 Å². The third-order valence-corrected chi connectivity index (χ3v) is 6.34. The Balaban J connectivity index is 1.36. The SMILES string of the molecule is Cc1ccc(NC(=O)Nc2nc(C)c(C(=O)N3CCN(c4ccccc4F)CC3)s2)cc1. The molecular weight excluding hydrogens is 429 g/mol. The highest BCUT2D eigenvalue weighted by Crippen LogP contribution is 2.26. The Morgan fingerprint density at radius 3 is 2.34 bits per heavy atom. The van der Waals surface area contributed by atoms with Crippen molar-refractivity contribution in [1.29, 1.82) is 0 Å². The number of hydrogen-bond donors (Lipinski definition) is 2. The molecule has 0 unspecified atom stereocenters. The van der Waals surface area contributed by atoms with E-state index in [1.807, 2.05) is 36.1 Å². The summed E-state index contributed by atoms with van der Waals surface area (Å²) < 4.78 is 14.0. The van der Waals surface area contributed by atoms with Crippen LogP contribution in [0, 0.1) is 19.7 Å². The number of amides is 3. The summed E-state index contributed by atoms with van der Waals surface area (Å²) in [6, 6.07) is 13.7. The molecule has 32 heavy (non-hydrogen) atoms. The molecule has 166 valence electrons. The van der Waals surface area contributed by atoms with Crippen molar-refractivity contribution in [3.8, 4) is 0 Å². The van der Waals surface area contributed by atoms with Crippen molar-refractivity contribution in [2.75, 3.05) is 41.7 Å². The van der Waals surface area contributed by atoms with Gasteiger partial charge in [-0.3, -0.25) is 10.1 Å². The summed E-state index contributed by atoms with van der Waals surface area (Å²) in [5.41, 5.74) is 2.90. The number of carbonyl (C=O) groups is 2. The number of hydrogen-bond acceptors (Lipinski definition) is 5. The smallest absolute Gasteiger partial charge is 0.325 e. The van der Waals surface area contributed by atoms with E-state index >= 15 is 0 Å². The minimum Gasteiger partial charge on any atom is -0.366 e. The Morgan fingerprint density at radius 2 is 1.66 bits per heavy atom. The molecule has 1 saturated heterocycles. The van der Waals surface area contributed by atoms with Crippen LogP contribution in [-0.4, -0.2) is 48.0 Å². The number of para-hydroxylation sites is 1. The summed E-state index contributed by atoms with van der Waals surface area (Å²) in [6.45, 7) is 5.80. The Labute approximate surface area is 189 Å². The molecule has 0 radical (unpaired) electrons. The predicted molar refractivity (Wildman–Crippen MR) is 125 cm³/mol. The zero-order valence-electron chi connectivity index (χ0n) is 17.9. The number of thiazole rings is 1. The van der Waals surface area contributed by atoms with Gasteiger partial charge in [0.25, 0.3) is 5.91 Å². The maximum atomic E-state index is 14.0. The highest BCUT2D eigenvalue weighted by atomic mass is 32.1. The summed E-state index contributed by atoms with van der Waals surface area (Å²) in [4.78, 5) is 33.8. The Bertz CT molecular complexity index is 1120. The van der Waals surface area contributed by atoms with Gasteiger partial charge in [-0.2, -0.15) is 0 Å². The molecule has 0 spiro atoms. The molecule has 2 N–H and O–H groups in total. The van der Waals surface area contributed by atoms with Crippen molar-refractivity contribution >= 4 is 39.8 Å². The van der Waals surface area contributed by atoms with Crippen LogP contribution in [0.15, 0.2) is 48.5 Å². The summed E-state index contributed by atoms with van der Waals surface area (Å²) in [5, 5.41) is 5.81. The van der Waals surface area contributed by atoms with Crippen LogP contribution < -0.4 is 15.5 Å². The highest BCUT2D eigenvalue weighted by Gasteiger charge is 2.26. The second kappa shape index (κ2) is 9.35. The van der Waals surface area contributed by atoms with Gasteiger partial charge in [-0.25, -0.2) is 14.2 Å². The molecular formula is C23H24FN5O2S. The lowest BCUT2D eigenvalue weighted by Gasteiger charge is -2.36. The lowest BCUT2D eigenvalue weighted by molar-refractivity contribution is 0.0750. The van der Waals surface area contributed by atoms with Gasteiger partial charge in [0.1, 0.15) is 10.7 Å². The van der Waals surface area contributed by atoms with Gasteiger partial charge < -0.3 is 15.1 Å². The lowest BCUT2D eigenvalue weighted by Crippen LogP contribution is -2.49. The molecule has 1 aliphatic heterocycles. The van der Waals surface area contributed by atoms with Gasteiger partial charge in [0.05, 0.1) is 11.4 Å². The van der Waals surface area contributed by atoms with E-state index in [9.17, 15) is 14.0 Å². The largest absolute Gasteiger partial charge is 0.366 e. The van der Waals surface area contributed by atoms with E-state index in [-0.39, 0.29) is 11.7 Å². The number of halogens is 1. The second-order valence-corrected chi connectivity index (χ2v) is 8.61. The van der Waals surface area contributed by atoms with Crippen molar-refractivity contribution in [3.63, 3.8) is 0 Å². The fourth-order valence-electron chi connectivity index (χ4n) is 3.55. The molecule has 4 rings (SSSR count). The number of aryl methyl sites for hydroxylation is 2. The number of piperazine rings is 1. The summed E-state index contributed by atoms with van der Waals surface area (Å²) in [5.74, 6) is -0.384. The van der Waals surface area contributed by atoms with Crippen molar-refractivity contribution in [2.45, 2.75) is 13.8 Å². The number of carbonyl (C=O) groups excluding carboxylic acids is 2. The van der Waals surface area contributed by atoms with Crippen LogP contribution in [0.1, 0.15) is 20.9 Å². The molecule has 0 atom stereocenters. The van der Waals surface area contributed by atoms with E-state index in [1.165, 1.54) is 6.07 Å². The first-order valence-electron chi connectivity index (χ1n) is 10.3. The molecule has 2 aromatic carbocycles. The number of urea groups is 1. The normalized spacial score (nSPS) is 13.7. The number of anilines is 3. The predicted octanol–water partition coefficient (Wildman–Crippen LogP) is 4.51. The van der Waals surface area contributed by atoms with Gasteiger partial charge >= 0.3 is 6.03 Å². The molecule has 0 saturated carbocycles. The zero-order chi connectivity index (χ0) is 22.7. The Kier molecular flexibility index (Phi) is 6.36. The van der Waals surface area contributed by atoms with Gasteiger partial charge in [-0.1, -0.05) is 41.2 Å². The first-order valence-corrected chi connectivity index (χ1v) is 11.1. The third kappa shape index (κ3) is 4.88. The molecule has 3 aromatic rings.